The second kappa shape index (κ2) is 7.52. The van der Waals surface area contributed by atoms with Gasteiger partial charge in [-0.25, -0.2) is 4.39 Å². The molecule has 0 aliphatic carbocycles. The molecule has 1 aromatic carbocycles. The summed E-state index contributed by atoms with van der Waals surface area (Å²) in [4.78, 5) is 17.1. The van der Waals surface area contributed by atoms with Crippen molar-refractivity contribution in [2.75, 3.05) is 36.0 Å². The van der Waals surface area contributed by atoms with Crippen LogP contribution in [0, 0.1) is 12.7 Å². The van der Waals surface area contributed by atoms with E-state index in [1.54, 1.807) is 12.1 Å². The topological polar surface area (TPSA) is 68.3 Å². The standard InChI is InChI=1S/C20H24FN5O/c1-14-12-17-18(22-14)23-20(25-8-2-3-9-25)24-19(17)26(10-11-27)13-15-4-6-16(21)7-5-15/h4-7,12,27H,2-3,8-11,13H2,1H3,(H,22,23,24). The van der Waals surface area contributed by atoms with Gasteiger partial charge in [0.1, 0.15) is 17.3 Å². The van der Waals surface area contributed by atoms with E-state index in [-0.39, 0.29) is 12.4 Å². The van der Waals surface area contributed by atoms with Crippen LogP contribution in [0.4, 0.5) is 16.2 Å². The number of hydrogen-bond donors (Lipinski definition) is 2. The van der Waals surface area contributed by atoms with Crippen molar-refractivity contribution in [1.29, 1.82) is 0 Å². The van der Waals surface area contributed by atoms with Crippen LogP contribution in [-0.2, 0) is 6.54 Å². The van der Waals surface area contributed by atoms with Gasteiger partial charge in [-0.15, -0.1) is 0 Å². The van der Waals surface area contributed by atoms with Crippen LogP contribution in [0.1, 0.15) is 24.1 Å². The summed E-state index contributed by atoms with van der Waals surface area (Å²) in [5.74, 6) is 1.26. The highest BCUT2D eigenvalue weighted by Gasteiger charge is 2.21. The van der Waals surface area contributed by atoms with Crippen molar-refractivity contribution in [1.82, 2.24) is 15.0 Å². The van der Waals surface area contributed by atoms with E-state index in [4.69, 9.17) is 9.97 Å². The molecule has 0 amide bonds. The Kier molecular flexibility index (Phi) is 4.94. The van der Waals surface area contributed by atoms with Crippen molar-refractivity contribution in [3.63, 3.8) is 0 Å². The zero-order valence-corrected chi connectivity index (χ0v) is 15.5. The van der Waals surface area contributed by atoms with Crippen LogP contribution in [0.3, 0.4) is 0 Å². The summed E-state index contributed by atoms with van der Waals surface area (Å²) >= 11 is 0. The van der Waals surface area contributed by atoms with Crippen molar-refractivity contribution >= 4 is 22.8 Å². The summed E-state index contributed by atoms with van der Waals surface area (Å²) in [5, 5.41) is 10.6. The predicted octanol–water partition coefficient (Wildman–Crippen LogP) is 3.00. The lowest BCUT2D eigenvalue weighted by atomic mass is 10.2. The van der Waals surface area contributed by atoms with Gasteiger partial charge < -0.3 is 19.9 Å². The van der Waals surface area contributed by atoms with Gasteiger partial charge in [0.15, 0.2) is 0 Å². The largest absolute Gasteiger partial charge is 0.395 e. The number of benzene rings is 1. The van der Waals surface area contributed by atoms with Gasteiger partial charge in [-0.05, 0) is 43.5 Å². The zero-order chi connectivity index (χ0) is 18.8. The number of anilines is 2. The summed E-state index contributed by atoms with van der Waals surface area (Å²) in [7, 11) is 0. The first kappa shape index (κ1) is 17.7. The van der Waals surface area contributed by atoms with Crippen molar-refractivity contribution < 1.29 is 9.50 Å². The number of rotatable bonds is 6. The Morgan fingerprint density at radius 3 is 2.63 bits per heavy atom. The lowest BCUT2D eigenvalue weighted by molar-refractivity contribution is 0.301. The first-order valence-corrected chi connectivity index (χ1v) is 9.36. The third-order valence-corrected chi connectivity index (χ3v) is 4.94. The Hall–Kier alpha value is -2.67. The molecule has 1 saturated heterocycles. The number of aromatic nitrogens is 3. The summed E-state index contributed by atoms with van der Waals surface area (Å²) < 4.78 is 13.2. The van der Waals surface area contributed by atoms with Crippen LogP contribution in [0.2, 0.25) is 0 Å². The summed E-state index contributed by atoms with van der Waals surface area (Å²) in [6.45, 7) is 4.90. The molecule has 0 atom stereocenters. The molecule has 1 aliphatic heterocycles. The smallest absolute Gasteiger partial charge is 0.229 e. The van der Waals surface area contributed by atoms with Gasteiger partial charge >= 0.3 is 0 Å². The van der Waals surface area contributed by atoms with E-state index in [0.29, 0.717) is 13.1 Å². The minimum Gasteiger partial charge on any atom is -0.395 e. The first-order chi connectivity index (χ1) is 13.1. The number of hydrogen-bond acceptors (Lipinski definition) is 5. The molecule has 3 aromatic rings. The lowest BCUT2D eigenvalue weighted by Gasteiger charge is -2.25. The number of aliphatic hydroxyl groups is 1. The number of aryl methyl sites for hydroxylation is 1. The summed E-state index contributed by atoms with van der Waals surface area (Å²) in [6.07, 6.45) is 2.30. The average molecular weight is 369 g/mol. The van der Waals surface area contributed by atoms with E-state index in [2.05, 4.69) is 9.88 Å². The Labute approximate surface area is 157 Å². The minimum absolute atomic E-state index is 0.00907. The number of H-pyrrole nitrogens is 1. The van der Waals surface area contributed by atoms with E-state index in [9.17, 15) is 9.50 Å². The maximum absolute atomic E-state index is 13.2. The molecule has 6 nitrogen and oxygen atoms in total. The van der Waals surface area contributed by atoms with Crippen LogP contribution >= 0.6 is 0 Å². The van der Waals surface area contributed by atoms with Crippen molar-refractivity contribution in [3.05, 3.63) is 47.4 Å². The second-order valence-electron chi connectivity index (χ2n) is 7.03. The second-order valence-corrected chi connectivity index (χ2v) is 7.03. The number of nitrogens with zero attached hydrogens (tertiary/aromatic N) is 4. The fourth-order valence-electron chi connectivity index (χ4n) is 3.60. The maximum atomic E-state index is 13.2. The quantitative estimate of drug-likeness (QED) is 0.699. The Morgan fingerprint density at radius 2 is 1.93 bits per heavy atom. The minimum atomic E-state index is -0.255. The molecular formula is C20H24FN5O. The van der Waals surface area contributed by atoms with E-state index < -0.39 is 0 Å². The number of nitrogens with one attached hydrogen (secondary N) is 1. The third-order valence-electron chi connectivity index (χ3n) is 4.94. The molecule has 2 N–H and O–H groups in total. The molecule has 0 bridgehead atoms. The van der Waals surface area contributed by atoms with Gasteiger partial charge in [0, 0.05) is 31.9 Å². The van der Waals surface area contributed by atoms with Crippen LogP contribution < -0.4 is 9.80 Å². The number of aromatic amines is 1. The maximum Gasteiger partial charge on any atom is 0.229 e. The van der Waals surface area contributed by atoms with E-state index in [1.165, 1.54) is 12.1 Å². The monoisotopic (exact) mass is 369 g/mol. The summed E-state index contributed by atoms with van der Waals surface area (Å²) in [6, 6.07) is 8.48. The Bertz CT molecular complexity index is 918. The highest BCUT2D eigenvalue weighted by Crippen LogP contribution is 2.29. The fourth-order valence-corrected chi connectivity index (χ4v) is 3.60. The van der Waals surface area contributed by atoms with Crippen molar-refractivity contribution in [3.8, 4) is 0 Å². The normalized spacial score (nSPS) is 14.3. The molecule has 2 aromatic heterocycles. The highest BCUT2D eigenvalue weighted by atomic mass is 19.1. The fraction of sp³-hybridized carbons (Fsp3) is 0.400. The molecule has 0 saturated carbocycles. The van der Waals surface area contributed by atoms with Gasteiger partial charge in [-0.2, -0.15) is 9.97 Å². The molecule has 0 radical (unpaired) electrons. The molecule has 1 fully saturated rings. The molecule has 0 spiro atoms. The van der Waals surface area contributed by atoms with Crippen LogP contribution in [0.5, 0.6) is 0 Å². The van der Waals surface area contributed by atoms with Gasteiger partial charge in [0.05, 0.1) is 12.0 Å². The number of fused-ring (bicyclic) bond motifs is 1. The molecule has 27 heavy (non-hydrogen) atoms. The molecule has 1 aliphatic rings. The average Bonchev–Trinajstić information content (AvgIpc) is 3.31. The Morgan fingerprint density at radius 1 is 1.19 bits per heavy atom. The zero-order valence-electron chi connectivity index (χ0n) is 15.5. The molecule has 3 heterocycles. The summed E-state index contributed by atoms with van der Waals surface area (Å²) in [5.41, 5.74) is 2.79. The van der Waals surface area contributed by atoms with Gasteiger partial charge in [0.2, 0.25) is 5.95 Å². The van der Waals surface area contributed by atoms with E-state index in [0.717, 1.165) is 60.0 Å². The van der Waals surface area contributed by atoms with Crippen molar-refractivity contribution in [2.24, 2.45) is 0 Å². The predicted molar refractivity (Wildman–Crippen MR) is 105 cm³/mol. The third kappa shape index (κ3) is 3.73. The highest BCUT2D eigenvalue weighted by molar-refractivity contribution is 5.89. The SMILES string of the molecule is Cc1cc2c(N(CCO)Cc3ccc(F)cc3)nc(N3CCCC3)nc2[nH]1. The van der Waals surface area contributed by atoms with Gasteiger partial charge in [-0.1, -0.05) is 12.1 Å². The lowest BCUT2D eigenvalue weighted by Crippen LogP contribution is -2.29. The van der Waals surface area contributed by atoms with Crippen LogP contribution in [0.15, 0.2) is 30.3 Å². The van der Waals surface area contributed by atoms with Crippen molar-refractivity contribution in [2.45, 2.75) is 26.3 Å². The Balaban J connectivity index is 1.76. The van der Waals surface area contributed by atoms with Gasteiger partial charge in [0.25, 0.3) is 0 Å². The van der Waals surface area contributed by atoms with Crippen LogP contribution in [-0.4, -0.2) is 46.3 Å². The molecule has 7 heteroatoms. The molecule has 142 valence electrons. The van der Waals surface area contributed by atoms with Gasteiger partial charge in [-0.3, -0.25) is 0 Å². The number of aliphatic hydroxyl groups excluding tert-OH is 1. The number of halogens is 1. The van der Waals surface area contributed by atoms with Crippen LogP contribution in [0.25, 0.3) is 11.0 Å². The van der Waals surface area contributed by atoms with E-state index >= 15 is 0 Å². The molecule has 4 rings (SSSR count). The first-order valence-electron chi connectivity index (χ1n) is 9.36. The molecule has 0 unspecified atom stereocenters. The van der Waals surface area contributed by atoms with E-state index in [1.807, 2.05) is 17.9 Å². The molecular weight excluding hydrogens is 345 g/mol.